The quantitative estimate of drug-likeness (QED) is 0.430. The second-order valence-corrected chi connectivity index (χ2v) is 1.89. The highest BCUT2D eigenvalue weighted by molar-refractivity contribution is 4.52. The zero-order valence-electron chi connectivity index (χ0n) is 5.26. The highest BCUT2D eigenvalue weighted by Crippen LogP contribution is 1.91. The molecule has 3 heteroatoms. The van der Waals surface area contributed by atoms with Gasteiger partial charge in [-0.2, -0.15) is 0 Å². The van der Waals surface area contributed by atoms with Crippen LogP contribution in [0.4, 0.5) is 0 Å². The third-order valence-electron chi connectivity index (χ3n) is 0.898. The summed E-state index contributed by atoms with van der Waals surface area (Å²) in [7, 11) is 1.65. The molecule has 0 aromatic heterocycles. The van der Waals surface area contributed by atoms with E-state index in [1.807, 2.05) is 0 Å². The Morgan fingerprint density at radius 1 is 1.50 bits per heavy atom. The maximum Gasteiger partial charge on any atom is 0.107 e. The summed E-state index contributed by atoms with van der Waals surface area (Å²) in [5.74, 6) is 0. The summed E-state index contributed by atoms with van der Waals surface area (Å²) in [6.45, 7) is 1.64. The molecule has 0 rings (SSSR count). The van der Waals surface area contributed by atoms with Gasteiger partial charge in [0.2, 0.25) is 0 Å². The van der Waals surface area contributed by atoms with Gasteiger partial charge < -0.3 is 10.2 Å². The Bertz CT molecular complexity index is 56.4. The number of hydrogen-bond acceptors (Lipinski definition) is 3. The second kappa shape index (κ2) is 3.83. The number of aliphatic hydroxyl groups is 2. The van der Waals surface area contributed by atoms with Crippen molar-refractivity contribution in [2.24, 2.45) is 0 Å². The second-order valence-electron chi connectivity index (χ2n) is 1.89. The van der Waals surface area contributed by atoms with Gasteiger partial charge >= 0.3 is 0 Å². The molecule has 0 spiro atoms. The molecule has 8 heavy (non-hydrogen) atoms. The Morgan fingerprint density at radius 3 is 2.12 bits per heavy atom. The van der Waals surface area contributed by atoms with Gasteiger partial charge in [0, 0.05) is 6.42 Å². The Kier molecular flexibility index (Phi) is 3.77. The van der Waals surface area contributed by atoms with Crippen LogP contribution < -0.4 is 5.32 Å². The van der Waals surface area contributed by atoms with E-state index in [2.05, 4.69) is 5.32 Å². The lowest BCUT2D eigenvalue weighted by molar-refractivity contribution is 0.0741. The van der Waals surface area contributed by atoms with Crippen LogP contribution in [0.25, 0.3) is 0 Å². The fourth-order valence-corrected chi connectivity index (χ4v) is 0.441. The van der Waals surface area contributed by atoms with Gasteiger partial charge in [-0.25, -0.2) is 0 Å². The summed E-state index contributed by atoms with van der Waals surface area (Å²) in [5, 5.41) is 20.0. The Labute approximate surface area is 49.3 Å². The zero-order chi connectivity index (χ0) is 6.57. The molecule has 0 aliphatic heterocycles. The van der Waals surface area contributed by atoms with E-state index in [1.165, 1.54) is 0 Å². The van der Waals surface area contributed by atoms with Gasteiger partial charge in [0.25, 0.3) is 0 Å². The van der Waals surface area contributed by atoms with Crippen LogP contribution in [-0.2, 0) is 0 Å². The van der Waals surface area contributed by atoms with Crippen LogP contribution in [0.5, 0.6) is 0 Å². The van der Waals surface area contributed by atoms with Crippen LogP contribution in [-0.4, -0.2) is 29.6 Å². The molecule has 0 fully saturated rings. The molecule has 0 aromatic carbocycles. The van der Waals surface area contributed by atoms with Crippen LogP contribution >= 0.6 is 0 Å². The van der Waals surface area contributed by atoms with E-state index in [1.54, 1.807) is 14.0 Å². The van der Waals surface area contributed by atoms with Crippen molar-refractivity contribution in [3.63, 3.8) is 0 Å². The van der Waals surface area contributed by atoms with E-state index in [0.29, 0.717) is 6.42 Å². The molecular formula is C5H13NO2. The average Bonchev–Trinajstić information content (AvgIpc) is 1.65. The lowest BCUT2D eigenvalue weighted by Gasteiger charge is -2.09. The van der Waals surface area contributed by atoms with Crippen molar-refractivity contribution in [2.45, 2.75) is 25.7 Å². The molecule has 2 unspecified atom stereocenters. The van der Waals surface area contributed by atoms with Crippen molar-refractivity contribution in [1.29, 1.82) is 0 Å². The van der Waals surface area contributed by atoms with Gasteiger partial charge in [-0.1, -0.05) is 0 Å². The molecule has 3 nitrogen and oxygen atoms in total. The van der Waals surface area contributed by atoms with Crippen LogP contribution in [0, 0.1) is 0 Å². The van der Waals surface area contributed by atoms with E-state index < -0.39 is 12.3 Å². The van der Waals surface area contributed by atoms with Gasteiger partial charge in [0.1, 0.15) is 6.23 Å². The maximum atomic E-state index is 8.76. The lowest BCUT2D eigenvalue weighted by Crippen LogP contribution is -2.27. The predicted molar refractivity (Wildman–Crippen MR) is 31.4 cm³/mol. The number of rotatable bonds is 3. The third kappa shape index (κ3) is 4.05. The van der Waals surface area contributed by atoms with Crippen molar-refractivity contribution in [3.05, 3.63) is 0 Å². The molecule has 0 radical (unpaired) electrons. The first-order valence-electron chi connectivity index (χ1n) is 2.70. The van der Waals surface area contributed by atoms with Crippen LogP contribution in [0.3, 0.4) is 0 Å². The number of nitrogens with one attached hydrogen (secondary N) is 1. The smallest absolute Gasteiger partial charge is 0.107 e. The first-order chi connectivity index (χ1) is 3.66. The maximum absolute atomic E-state index is 8.76. The van der Waals surface area contributed by atoms with Crippen molar-refractivity contribution >= 4 is 0 Å². The largest absolute Gasteiger partial charge is 0.393 e. The average molecular weight is 119 g/mol. The highest BCUT2D eigenvalue weighted by atomic mass is 16.3. The molecule has 0 aromatic rings. The van der Waals surface area contributed by atoms with E-state index >= 15 is 0 Å². The van der Waals surface area contributed by atoms with Crippen molar-refractivity contribution < 1.29 is 10.2 Å². The topological polar surface area (TPSA) is 52.5 Å². The van der Waals surface area contributed by atoms with Crippen LogP contribution in [0.1, 0.15) is 13.3 Å². The molecule has 0 heterocycles. The fourth-order valence-electron chi connectivity index (χ4n) is 0.441. The third-order valence-corrected chi connectivity index (χ3v) is 0.898. The molecule has 50 valence electrons. The van der Waals surface area contributed by atoms with Crippen molar-refractivity contribution in [1.82, 2.24) is 5.32 Å². The van der Waals surface area contributed by atoms with Gasteiger partial charge in [-0.05, 0) is 14.0 Å². The van der Waals surface area contributed by atoms with Gasteiger partial charge in [0.15, 0.2) is 0 Å². The Hall–Kier alpha value is -0.120. The highest BCUT2D eigenvalue weighted by Gasteiger charge is 2.02. The normalized spacial score (nSPS) is 18.0. The predicted octanol–water partition coefficient (Wildman–Crippen LogP) is -0.705. The summed E-state index contributed by atoms with van der Waals surface area (Å²) in [6.07, 6.45) is -0.622. The molecule has 3 N–H and O–H groups in total. The fraction of sp³-hybridized carbons (Fsp3) is 1.00. The molecule has 0 bridgehead atoms. The summed E-state index contributed by atoms with van der Waals surface area (Å²) in [5.41, 5.74) is 0. The zero-order valence-corrected chi connectivity index (χ0v) is 5.26. The minimum Gasteiger partial charge on any atom is -0.393 e. The summed E-state index contributed by atoms with van der Waals surface area (Å²) in [4.78, 5) is 0. The summed E-state index contributed by atoms with van der Waals surface area (Å²) in [6, 6.07) is 0. The molecule has 0 saturated heterocycles. The number of aliphatic hydroxyl groups excluding tert-OH is 2. The van der Waals surface area contributed by atoms with Crippen molar-refractivity contribution in [3.8, 4) is 0 Å². The van der Waals surface area contributed by atoms with Crippen LogP contribution in [0.2, 0.25) is 0 Å². The minimum atomic E-state index is -0.574. The Balaban J connectivity index is 3.10. The Morgan fingerprint density at radius 2 is 2.00 bits per heavy atom. The van der Waals surface area contributed by atoms with Gasteiger partial charge in [0.05, 0.1) is 6.10 Å². The van der Waals surface area contributed by atoms with E-state index in [0.717, 1.165) is 0 Å². The van der Waals surface area contributed by atoms with Crippen molar-refractivity contribution in [2.75, 3.05) is 7.05 Å². The number of hydrogen-bond donors (Lipinski definition) is 3. The monoisotopic (exact) mass is 119 g/mol. The standard InChI is InChI=1S/C5H13NO2/c1-4(7)3-5(8)6-2/h4-8H,3H2,1-2H3. The molecule has 0 aliphatic rings. The van der Waals surface area contributed by atoms with Gasteiger partial charge in [-0.15, -0.1) is 0 Å². The molecule has 0 amide bonds. The molecule has 0 saturated carbocycles. The van der Waals surface area contributed by atoms with E-state index in [9.17, 15) is 0 Å². The van der Waals surface area contributed by atoms with Crippen LogP contribution in [0.15, 0.2) is 0 Å². The molecular weight excluding hydrogens is 106 g/mol. The van der Waals surface area contributed by atoms with E-state index in [-0.39, 0.29) is 0 Å². The minimum absolute atomic E-state index is 0.385. The molecule has 2 atom stereocenters. The van der Waals surface area contributed by atoms with Gasteiger partial charge in [-0.3, -0.25) is 5.32 Å². The summed E-state index contributed by atoms with van der Waals surface area (Å²) >= 11 is 0. The van der Waals surface area contributed by atoms with E-state index in [4.69, 9.17) is 10.2 Å². The summed E-state index contributed by atoms with van der Waals surface area (Å²) < 4.78 is 0. The first kappa shape index (κ1) is 7.88. The first-order valence-corrected chi connectivity index (χ1v) is 2.70. The lowest BCUT2D eigenvalue weighted by atomic mass is 10.2. The SMILES string of the molecule is CNC(O)CC(C)O. The molecule has 0 aliphatic carbocycles.